The van der Waals surface area contributed by atoms with Crippen molar-refractivity contribution in [3.05, 3.63) is 59.4 Å². The lowest BCUT2D eigenvalue weighted by molar-refractivity contribution is 0.252. The SMILES string of the molecule is CCNC(=O)Nc1nc2ccc(CCc3ccc(F)cc3)cc2s1. The molecular formula is C18H18FN3OS. The molecule has 3 aromatic rings. The van der Waals surface area contributed by atoms with E-state index in [0.29, 0.717) is 11.7 Å². The molecule has 0 fully saturated rings. The van der Waals surface area contributed by atoms with Gasteiger partial charge in [-0.2, -0.15) is 0 Å². The number of hydrogen-bond acceptors (Lipinski definition) is 3. The molecule has 1 aromatic heterocycles. The van der Waals surface area contributed by atoms with Crippen molar-refractivity contribution in [2.45, 2.75) is 19.8 Å². The summed E-state index contributed by atoms with van der Waals surface area (Å²) in [6.07, 6.45) is 1.73. The molecule has 2 aromatic carbocycles. The number of aromatic nitrogens is 1. The Kier molecular flexibility index (Phi) is 5.05. The highest BCUT2D eigenvalue weighted by Gasteiger charge is 2.07. The quantitative estimate of drug-likeness (QED) is 0.723. The zero-order chi connectivity index (χ0) is 16.9. The number of anilines is 1. The monoisotopic (exact) mass is 343 g/mol. The second-order valence-electron chi connectivity index (χ2n) is 5.43. The number of nitrogens with one attached hydrogen (secondary N) is 2. The van der Waals surface area contributed by atoms with Crippen LogP contribution in [0, 0.1) is 5.82 Å². The Morgan fingerprint density at radius 1 is 1.12 bits per heavy atom. The first-order chi connectivity index (χ1) is 11.6. The van der Waals surface area contributed by atoms with Gasteiger partial charge >= 0.3 is 6.03 Å². The third kappa shape index (κ3) is 4.08. The Morgan fingerprint density at radius 2 is 1.83 bits per heavy atom. The second kappa shape index (κ2) is 7.40. The zero-order valence-electron chi connectivity index (χ0n) is 13.3. The highest BCUT2D eigenvalue weighted by Crippen LogP contribution is 2.27. The Labute approximate surface area is 143 Å². The molecule has 2 N–H and O–H groups in total. The molecule has 0 radical (unpaired) electrons. The first-order valence-electron chi connectivity index (χ1n) is 7.83. The molecule has 24 heavy (non-hydrogen) atoms. The maximum absolute atomic E-state index is 12.9. The lowest BCUT2D eigenvalue weighted by atomic mass is 10.0. The van der Waals surface area contributed by atoms with Crippen molar-refractivity contribution in [3.8, 4) is 0 Å². The van der Waals surface area contributed by atoms with E-state index < -0.39 is 0 Å². The van der Waals surface area contributed by atoms with Crippen LogP contribution in [0.2, 0.25) is 0 Å². The fraction of sp³-hybridized carbons (Fsp3) is 0.222. The van der Waals surface area contributed by atoms with Crippen LogP contribution >= 0.6 is 11.3 Å². The number of urea groups is 1. The van der Waals surface area contributed by atoms with Gasteiger partial charge in [0, 0.05) is 6.54 Å². The normalized spacial score (nSPS) is 10.8. The maximum Gasteiger partial charge on any atom is 0.321 e. The molecule has 1 heterocycles. The first-order valence-corrected chi connectivity index (χ1v) is 8.64. The van der Waals surface area contributed by atoms with Crippen LogP contribution in [0.3, 0.4) is 0 Å². The number of rotatable bonds is 5. The van der Waals surface area contributed by atoms with E-state index in [1.165, 1.54) is 29.0 Å². The molecule has 0 atom stereocenters. The lowest BCUT2D eigenvalue weighted by Gasteiger charge is -2.02. The van der Waals surface area contributed by atoms with Crippen molar-refractivity contribution in [2.24, 2.45) is 0 Å². The van der Waals surface area contributed by atoms with Crippen molar-refractivity contribution < 1.29 is 9.18 Å². The molecular weight excluding hydrogens is 325 g/mol. The predicted octanol–water partition coefficient (Wildman–Crippen LogP) is 4.36. The van der Waals surface area contributed by atoms with Gasteiger partial charge in [-0.3, -0.25) is 5.32 Å². The summed E-state index contributed by atoms with van der Waals surface area (Å²) in [5, 5.41) is 6.01. The van der Waals surface area contributed by atoms with Gasteiger partial charge in [0.05, 0.1) is 10.2 Å². The Hall–Kier alpha value is -2.47. The third-order valence-corrected chi connectivity index (χ3v) is 4.56. The first kappa shape index (κ1) is 16.4. The summed E-state index contributed by atoms with van der Waals surface area (Å²) in [6, 6.07) is 12.5. The van der Waals surface area contributed by atoms with E-state index in [2.05, 4.69) is 21.7 Å². The number of aryl methyl sites for hydroxylation is 2. The van der Waals surface area contributed by atoms with E-state index in [9.17, 15) is 9.18 Å². The summed E-state index contributed by atoms with van der Waals surface area (Å²) in [4.78, 5) is 16.0. The number of amides is 2. The molecule has 0 saturated carbocycles. The number of halogens is 1. The summed E-state index contributed by atoms with van der Waals surface area (Å²) in [5.74, 6) is -0.211. The topological polar surface area (TPSA) is 54.0 Å². The highest BCUT2D eigenvalue weighted by molar-refractivity contribution is 7.22. The van der Waals surface area contributed by atoms with Crippen molar-refractivity contribution in [1.29, 1.82) is 0 Å². The van der Waals surface area contributed by atoms with Crippen LogP contribution < -0.4 is 10.6 Å². The zero-order valence-corrected chi connectivity index (χ0v) is 14.1. The van der Waals surface area contributed by atoms with Crippen molar-refractivity contribution in [1.82, 2.24) is 10.3 Å². The van der Waals surface area contributed by atoms with E-state index in [4.69, 9.17) is 0 Å². The average Bonchev–Trinajstić information content (AvgIpc) is 2.95. The maximum atomic E-state index is 12.9. The van der Waals surface area contributed by atoms with Gasteiger partial charge in [0.15, 0.2) is 5.13 Å². The molecule has 0 saturated heterocycles. The fourth-order valence-corrected chi connectivity index (χ4v) is 3.34. The van der Waals surface area contributed by atoms with Crippen LogP contribution in [-0.4, -0.2) is 17.6 Å². The second-order valence-corrected chi connectivity index (χ2v) is 6.46. The molecule has 124 valence electrons. The Bertz CT molecular complexity index is 845. The van der Waals surface area contributed by atoms with E-state index in [1.807, 2.05) is 31.2 Å². The van der Waals surface area contributed by atoms with Crippen molar-refractivity contribution in [2.75, 3.05) is 11.9 Å². The Morgan fingerprint density at radius 3 is 2.58 bits per heavy atom. The van der Waals surface area contributed by atoms with Gasteiger partial charge in [-0.05, 0) is 55.2 Å². The van der Waals surface area contributed by atoms with Gasteiger partial charge in [0.1, 0.15) is 5.82 Å². The standard InChI is InChI=1S/C18H18FN3OS/c1-2-20-17(23)22-18-21-15-10-7-13(11-16(15)24-18)4-3-12-5-8-14(19)9-6-12/h5-11H,2-4H2,1H3,(H2,20,21,22,23). The van der Waals surface area contributed by atoms with E-state index in [1.54, 1.807) is 0 Å². The van der Waals surface area contributed by atoms with Crippen LogP contribution in [0.4, 0.5) is 14.3 Å². The number of benzene rings is 2. The minimum Gasteiger partial charge on any atom is -0.338 e. The van der Waals surface area contributed by atoms with E-state index in [0.717, 1.165) is 28.6 Å². The molecule has 0 aliphatic heterocycles. The molecule has 6 heteroatoms. The number of nitrogens with zero attached hydrogens (tertiary/aromatic N) is 1. The third-order valence-electron chi connectivity index (χ3n) is 3.63. The van der Waals surface area contributed by atoms with E-state index >= 15 is 0 Å². The van der Waals surface area contributed by atoms with Crippen molar-refractivity contribution >= 4 is 32.7 Å². The van der Waals surface area contributed by atoms with Gasteiger partial charge < -0.3 is 5.32 Å². The minimum atomic E-state index is -0.243. The highest BCUT2D eigenvalue weighted by atomic mass is 32.1. The largest absolute Gasteiger partial charge is 0.338 e. The number of hydrogen-bond donors (Lipinski definition) is 2. The number of carbonyl (C=O) groups is 1. The number of fused-ring (bicyclic) bond motifs is 1. The van der Waals surface area contributed by atoms with Crippen LogP contribution in [0.15, 0.2) is 42.5 Å². The molecule has 3 rings (SSSR count). The minimum absolute atomic E-state index is 0.211. The summed E-state index contributed by atoms with van der Waals surface area (Å²) in [5.41, 5.74) is 3.18. The smallest absolute Gasteiger partial charge is 0.321 e. The fourth-order valence-electron chi connectivity index (χ4n) is 2.42. The van der Waals surface area contributed by atoms with E-state index in [-0.39, 0.29) is 11.8 Å². The number of thiazole rings is 1. The van der Waals surface area contributed by atoms with Crippen LogP contribution in [0.5, 0.6) is 0 Å². The van der Waals surface area contributed by atoms with Crippen molar-refractivity contribution in [3.63, 3.8) is 0 Å². The molecule has 0 spiro atoms. The summed E-state index contributed by atoms with van der Waals surface area (Å²) < 4.78 is 14.0. The molecule has 2 amide bonds. The molecule has 0 aliphatic carbocycles. The van der Waals surface area contributed by atoms with Crippen LogP contribution in [0.25, 0.3) is 10.2 Å². The Balaban J connectivity index is 1.69. The molecule has 0 unspecified atom stereocenters. The van der Waals surface area contributed by atoms with Gasteiger partial charge in [-0.1, -0.05) is 29.5 Å². The van der Waals surface area contributed by atoms with Crippen LogP contribution in [0.1, 0.15) is 18.1 Å². The van der Waals surface area contributed by atoms with Gasteiger partial charge in [0.25, 0.3) is 0 Å². The summed E-state index contributed by atoms with van der Waals surface area (Å²) in [7, 11) is 0. The number of carbonyl (C=O) groups excluding carboxylic acids is 1. The molecule has 4 nitrogen and oxygen atoms in total. The van der Waals surface area contributed by atoms with Crippen LogP contribution in [-0.2, 0) is 12.8 Å². The summed E-state index contributed by atoms with van der Waals surface area (Å²) >= 11 is 1.46. The molecule has 0 bridgehead atoms. The van der Waals surface area contributed by atoms with Gasteiger partial charge in [0.2, 0.25) is 0 Å². The van der Waals surface area contributed by atoms with Gasteiger partial charge in [-0.15, -0.1) is 0 Å². The summed E-state index contributed by atoms with van der Waals surface area (Å²) in [6.45, 7) is 2.44. The lowest BCUT2D eigenvalue weighted by Crippen LogP contribution is -2.28. The predicted molar refractivity (Wildman–Crippen MR) is 96.1 cm³/mol. The molecule has 0 aliphatic rings. The van der Waals surface area contributed by atoms with Gasteiger partial charge in [-0.25, -0.2) is 14.2 Å². The average molecular weight is 343 g/mol.